The molecule has 4 atom stereocenters. The molecule has 0 radical (unpaired) electrons. The van der Waals surface area contributed by atoms with E-state index in [4.69, 9.17) is 18.7 Å². The van der Waals surface area contributed by atoms with Crippen LogP contribution in [-0.4, -0.2) is 58.4 Å². The van der Waals surface area contributed by atoms with Crippen LogP contribution in [0, 0.1) is 5.92 Å². The van der Waals surface area contributed by atoms with Gasteiger partial charge in [-0.3, -0.25) is 9.59 Å². The summed E-state index contributed by atoms with van der Waals surface area (Å²) in [5, 5.41) is 13.2. The lowest BCUT2D eigenvalue weighted by atomic mass is 9.68. The Kier molecular flexibility index (Phi) is 6.21. The highest BCUT2D eigenvalue weighted by molar-refractivity contribution is 5.77. The first-order chi connectivity index (χ1) is 16.8. The number of carboxylic acids is 1. The fourth-order valence-electron chi connectivity index (χ4n) is 6.07. The third kappa shape index (κ3) is 4.37. The van der Waals surface area contributed by atoms with Gasteiger partial charge in [0.15, 0.2) is 0 Å². The predicted octanol–water partition coefficient (Wildman–Crippen LogP) is 3.77. The van der Waals surface area contributed by atoms with E-state index in [-0.39, 0.29) is 24.3 Å². The normalized spacial score (nSPS) is 29.4. The topological polar surface area (TPSA) is 111 Å². The van der Waals surface area contributed by atoms with Gasteiger partial charge in [-0.05, 0) is 43.8 Å². The number of amides is 1. The number of likely N-dealkylation sites (tertiary alicyclic amines) is 1. The molecule has 9 nitrogen and oxygen atoms in total. The van der Waals surface area contributed by atoms with Crippen LogP contribution in [0.1, 0.15) is 62.9 Å². The fraction of sp³-hybridized carbons (Fsp3) is 0.577. The minimum absolute atomic E-state index is 0.0121. The van der Waals surface area contributed by atoms with E-state index in [9.17, 15) is 14.7 Å². The number of nitrogens with zero attached hydrogens (tertiary/aromatic N) is 2. The van der Waals surface area contributed by atoms with Gasteiger partial charge in [-0.1, -0.05) is 18.2 Å². The van der Waals surface area contributed by atoms with Crippen LogP contribution < -0.4 is 9.47 Å². The van der Waals surface area contributed by atoms with Crippen molar-refractivity contribution in [3.8, 4) is 11.6 Å². The predicted molar refractivity (Wildman–Crippen MR) is 124 cm³/mol. The number of carbonyl (C=O) groups excluding carboxylic acids is 1. The smallest absolute Gasteiger partial charge is 0.303 e. The average Bonchev–Trinajstić information content (AvgIpc) is 3.49. The van der Waals surface area contributed by atoms with Crippen molar-refractivity contribution in [1.29, 1.82) is 0 Å². The van der Waals surface area contributed by atoms with Gasteiger partial charge >= 0.3 is 5.97 Å². The van der Waals surface area contributed by atoms with Gasteiger partial charge in [0, 0.05) is 43.4 Å². The molecule has 0 saturated carbocycles. The van der Waals surface area contributed by atoms with E-state index in [1.807, 2.05) is 36.1 Å². The quantitative estimate of drug-likeness (QED) is 0.632. The second-order valence-electron chi connectivity index (χ2n) is 10.1. The molecule has 1 aromatic heterocycles. The number of benzene rings is 1. The molecule has 2 saturated heterocycles. The lowest BCUT2D eigenvalue weighted by molar-refractivity contribution is -0.180. The molecule has 1 N–H and O–H groups in total. The summed E-state index contributed by atoms with van der Waals surface area (Å²) in [5.74, 6) is 0.900. The van der Waals surface area contributed by atoms with Crippen LogP contribution in [0.2, 0.25) is 0 Å². The van der Waals surface area contributed by atoms with Gasteiger partial charge in [-0.15, -0.1) is 0 Å². The maximum atomic E-state index is 13.4. The molecule has 0 unspecified atom stereocenters. The summed E-state index contributed by atoms with van der Waals surface area (Å²) < 4.78 is 23.3. The van der Waals surface area contributed by atoms with Crippen LogP contribution in [0.3, 0.4) is 0 Å². The Morgan fingerprint density at radius 3 is 2.89 bits per heavy atom. The number of fused-ring (bicyclic) bond motifs is 3. The molecule has 3 aliphatic rings. The molecule has 1 amide bonds. The highest BCUT2D eigenvalue weighted by atomic mass is 16.5. The molecule has 188 valence electrons. The van der Waals surface area contributed by atoms with E-state index < -0.39 is 17.1 Å². The minimum atomic E-state index is -0.849. The molecule has 0 aliphatic carbocycles. The van der Waals surface area contributed by atoms with E-state index in [1.165, 1.54) is 7.11 Å². The summed E-state index contributed by atoms with van der Waals surface area (Å²) >= 11 is 0. The zero-order valence-electron chi connectivity index (χ0n) is 20.2. The van der Waals surface area contributed by atoms with Crippen LogP contribution in [0.15, 0.2) is 34.9 Å². The number of ether oxygens (including phenoxy) is 3. The van der Waals surface area contributed by atoms with Crippen LogP contribution in [0.25, 0.3) is 0 Å². The van der Waals surface area contributed by atoms with E-state index in [0.29, 0.717) is 50.5 Å². The second-order valence-corrected chi connectivity index (χ2v) is 10.1. The maximum Gasteiger partial charge on any atom is 0.303 e. The Hall–Kier alpha value is -3.07. The van der Waals surface area contributed by atoms with Crippen LogP contribution in [-0.2, 0) is 20.7 Å². The number of aliphatic carboxylic acids is 1. The lowest BCUT2D eigenvalue weighted by Crippen LogP contribution is -2.60. The lowest BCUT2D eigenvalue weighted by Gasteiger charge is -2.54. The average molecular weight is 485 g/mol. The molecular formula is C26H32N2O7. The van der Waals surface area contributed by atoms with Gasteiger partial charge in [0.2, 0.25) is 5.91 Å². The summed E-state index contributed by atoms with van der Waals surface area (Å²) in [6.07, 6.45) is 3.43. The molecule has 4 heterocycles. The molecule has 35 heavy (non-hydrogen) atoms. The van der Waals surface area contributed by atoms with Gasteiger partial charge in [0.05, 0.1) is 25.4 Å². The number of aromatic nitrogens is 1. The maximum absolute atomic E-state index is 13.4. The molecule has 1 aromatic carbocycles. The van der Waals surface area contributed by atoms with Gasteiger partial charge in [-0.25, -0.2) is 0 Å². The zero-order valence-corrected chi connectivity index (χ0v) is 20.2. The van der Waals surface area contributed by atoms with Crippen LogP contribution >= 0.6 is 0 Å². The zero-order chi connectivity index (χ0) is 24.6. The summed E-state index contributed by atoms with van der Waals surface area (Å²) in [7, 11) is 1.52. The third-order valence-corrected chi connectivity index (χ3v) is 7.91. The fourth-order valence-corrected chi connectivity index (χ4v) is 6.07. The molecule has 5 rings (SSSR count). The second kappa shape index (κ2) is 9.18. The van der Waals surface area contributed by atoms with Crippen LogP contribution in [0.4, 0.5) is 0 Å². The molecule has 3 aliphatic heterocycles. The van der Waals surface area contributed by atoms with Gasteiger partial charge in [0.1, 0.15) is 17.1 Å². The number of hydrogen-bond acceptors (Lipinski definition) is 7. The third-order valence-electron chi connectivity index (χ3n) is 7.91. The molecule has 9 heteroatoms. The number of methoxy groups -OCH3 is 1. The van der Waals surface area contributed by atoms with Crippen molar-refractivity contribution in [1.82, 2.24) is 10.1 Å². The highest BCUT2D eigenvalue weighted by Crippen LogP contribution is 2.55. The Morgan fingerprint density at radius 2 is 2.11 bits per heavy atom. The first kappa shape index (κ1) is 23.7. The van der Waals surface area contributed by atoms with E-state index >= 15 is 0 Å². The number of hydrogen-bond donors (Lipinski definition) is 1. The van der Waals surface area contributed by atoms with Crippen molar-refractivity contribution in [3.63, 3.8) is 0 Å². The summed E-state index contributed by atoms with van der Waals surface area (Å²) in [5.41, 5.74) is -0.133. The van der Waals surface area contributed by atoms with Crippen LogP contribution in [0.5, 0.6) is 11.6 Å². The molecule has 2 aromatic rings. The van der Waals surface area contributed by atoms with Crippen molar-refractivity contribution in [3.05, 3.63) is 41.7 Å². The Bertz CT molecular complexity index is 1100. The van der Waals surface area contributed by atoms with E-state index in [2.05, 4.69) is 5.16 Å². The van der Waals surface area contributed by atoms with Crippen molar-refractivity contribution >= 4 is 11.9 Å². The minimum Gasteiger partial charge on any atom is -0.487 e. The summed E-state index contributed by atoms with van der Waals surface area (Å²) in [4.78, 5) is 26.8. The summed E-state index contributed by atoms with van der Waals surface area (Å²) in [6, 6.07) is 9.53. The van der Waals surface area contributed by atoms with Crippen molar-refractivity contribution < 1.29 is 33.4 Å². The molecule has 1 spiro atoms. The first-order valence-corrected chi connectivity index (χ1v) is 12.2. The Morgan fingerprint density at radius 1 is 1.29 bits per heavy atom. The molecular weight excluding hydrogens is 452 g/mol. The van der Waals surface area contributed by atoms with Crippen molar-refractivity contribution in [2.24, 2.45) is 5.92 Å². The number of aryl methyl sites for hydroxylation is 1. The van der Waals surface area contributed by atoms with Gasteiger partial charge < -0.3 is 28.7 Å². The monoisotopic (exact) mass is 484 g/mol. The summed E-state index contributed by atoms with van der Waals surface area (Å²) in [6.45, 7) is 3.13. The Labute approximate surface area is 204 Å². The SMILES string of the molecule is COc1cc(CCC(=O)N2CCC[C@]23CO[C@H]2c4ccccc4O[C@@](C)(CCC(=O)O)[C@@H]2C3)on1. The van der Waals surface area contributed by atoms with E-state index in [1.54, 1.807) is 6.07 Å². The standard InChI is InChI=1S/C26H32N2O7/c1-25(12-10-23(30)31)19-15-26(16-33-24(19)18-6-3-4-7-20(18)34-25)11-5-13-28(26)22(29)9-8-17-14-21(32-2)27-35-17/h3-4,6-7,14,19,24H,5,8-13,15-16H2,1-2H3,(H,30,31)/t19-,24+,25+,26+/m1/s1. The van der Waals surface area contributed by atoms with Crippen molar-refractivity contribution in [2.75, 3.05) is 20.3 Å². The number of carbonyl (C=O) groups is 2. The number of para-hydroxylation sites is 1. The number of carboxylic acid groups (broad SMARTS) is 1. The van der Waals surface area contributed by atoms with Gasteiger partial charge in [-0.2, -0.15) is 0 Å². The molecule has 0 bridgehead atoms. The van der Waals surface area contributed by atoms with Gasteiger partial charge in [0.25, 0.3) is 5.88 Å². The largest absolute Gasteiger partial charge is 0.487 e. The first-order valence-electron chi connectivity index (χ1n) is 12.2. The van der Waals surface area contributed by atoms with E-state index in [0.717, 1.165) is 24.2 Å². The Balaban J connectivity index is 1.37. The van der Waals surface area contributed by atoms with Crippen molar-refractivity contribution in [2.45, 2.75) is 69.1 Å². The highest BCUT2D eigenvalue weighted by Gasteiger charge is 2.57. The molecule has 2 fully saturated rings. The number of rotatable bonds is 7.